The summed E-state index contributed by atoms with van der Waals surface area (Å²) in [7, 11) is 1.89. The summed E-state index contributed by atoms with van der Waals surface area (Å²) in [6.45, 7) is 0. The molecule has 1 saturated carbocycles. The average molecular weight is 351 g/mol. The van der Waals surface area contributed by atoms with Crippen LogP contribution < -0.4 is 10.6 Å². The van der Waals surface area contributed by atoms with Crippen LogP contribution in [0.5, 0.6) is 0 Å². The van der Waals surface area contributed by atoms with Gasteiger partial charge in [0.1, 0.15) is 0 Å². The molecule has 2 aromatic rings. The van der Waals surface area contributed by atoms with E-state index in [4.69, 9.17) is 0 Å². The van der Waals surface area contributed by atoms with Gasteiger partial charge >= 0.3 is 6.03 Å². The fourth-order valence-corrected chi connectivity index (χ4v) is 3.35. The second-order valence-electron chi connectivity index (χ2n) is 6.73. The lowest BCUT2D eigenvalue weighted by Gasteiger charge is -2.31. The summed E-state index contributed by atoms with van der Waals surface area (Å²) in [5.41, 5.74) is 2.02. The fourth-order valence-electron chi connectivity index (χ4n) is 3.35. The zero-order chi connectivity index (χ0) is 18.4. The quantitative estimate of drug-likeness (QED) is 0.836. The molecule has 0 unspecified atom stereocenters. The maximum absolute atomic E-state index is 12.6. The van der Waals surface area contributed by atoms with Crippen LogP contribution >= 0.6 is 0 Å². The second kappa shape index (κ2) is 8.52. The van der Waals surface area contributed by atoms with E-state index in [2.05, 4.69) is 10.6 Å². The van der Waals surface area contributed by atoms with E-state index in [0.29, 0.717) is 17.3 Å². The first-order valence-electron chi connectivity index (χ1n) is 9.14. The van der Waals surface area contributed by atoms with Gasteiger partial charge in [-0.25, -0.2) is 4.79 Å². The number of para-hydroxylation sites is 1. The molecule has 1 aliphatic carbocycles. The average Bonchev–Trinajstić information content (AvgIpc) is 2.69. The Bertz CT molecular complexity index is 738. The molecule has 1 fully saturated rings. The van der Waals surface area contributed by atoms with Gasteiger partial charge in [-0.2, -0.15) is 0 Å². The SMILES string of the molecule is CN(C(=O)c1ccc(NC(=O)Nc2ccccc2)cc1)C1CCCCC1. The van der Waals surface area contributed by atoms with Crippen molar-refractivity contribution >= 4 is 23.3 Å². The van der Waals surface area contributed by atoms with Crippen molar-refractivity contribution in [1.82, 2.24) is 4.90 Å². The van der Waals surface area contributed by atoms with Gasteiger partial charge in [-0.3, -0.25) is 4.79 Å². The summed E-state index contributed by atoms with van der Waals surface area (Å²) in [5, 5.41) is 5.54. The zero-order valence-corrected chi connectivity index (χ0v) is 15.1. The molecular formula is C21H25N3O2. The fraction of sp³-hybridized carbons (Fsp3) is 0.333. The third kappa shape index (κ3) is 4.63. The maximum atomic E-state index is 12.6. The first-order chi connectivity index (χ1) is 12.6. The minimum atomic E-state index is -0.311. The molecule has 136 valence electrons. The third-order valence-electron chi connectivity index (χ3n) is 4.86. The van der Waals surface area contributed by atoms with Gasteiger partial charge in [0.2, 0.25) is 0 Å². The van der Waals surface area contributed by atoms with Crippen molar-refractivity contribution in [2.75, 3.05) is 17.7 Å². The molecule has 2 N–H and O–H groups in total. The van der Waals surface area contributed by atoms with Crippen LogP contribution in [0.25, 0.3) is 0 Å². The highest BCUT2D eigenvalue weighted by molar-refractivity contribution is 6.00. The lowest BCUT2D eigenvalue weighted by molar-refractivity contribution is 0.0696. The topological polar surface area (TPSA) is 61.4 Å². The van der Waals surface area contributed by atoms with Crippen molar-refractivity contribution in [3.63, 3.8) is 0 Å². The van der Waals surface area contributed by atoms with E-state index in [-0.39, 0.29) is 11.9 Å². The molecule has 0 bridgehead atoms. The molecule has 5 heteroatoms. The molecule has 5 nitrogen and oxygen atoms in total. The van der Waals surface area contributed by atoms with Gasteiger partial charge in [0.25, 0.3) is 5.91 Å². The number of amides is 3. The molecule has 0 heterocycles. The number of hydrogen-bond donors (Lipinski definition) is 2. The molecule has 0 saturated heterocycles. The van der Waals surface area contributed by atoms with Crippen LogP contribution in [-0.4, -0.2) is 29.9 Å². The van der Waals surface area contributed by atoms with Crippen molar-refractivity contribution in [1.29, 1.82) is 0 Å². The van der Waals surface area contributed by atoms with Gasteiger partial charge in [0.15, 0.2) is 0 Å². The molecule has 0 spiro atoms. The molecule has 3 rings (SSSR count). The number of nitrogens with one attached hydrogen (secondary N) is 2. The summed E-state index contributed by atoms with van der Waals surface area (Å²) in [6, 6.07) is 16.3. The van der Waals surface area contributed by atoms with Crippen molar-refractivity contribution in [3.05, 3.63) is 60.2 Å². The molecule has 26 heavy (non-hydrogen) atoms. The standard InChI is InChI=1S/C21H25N3O2/c1-24(19-10-6-3-7-11-19)20(25)16-12-14-18(15-13-16)23-21(26)22-17-8-4-2-5-9-17/h2,4-5,8-9,12-15,19H,3,6-7,10-11H2,1H3,(H2,22,23,26). The Kier molecular flexibility index (Phi) is 5.89. The summed E-state index contributed by atoms with van der Waals surface area (Å²) >= 11 is 0. The van der Waals surface area contributed by atoms with Crippen molar-refractivity contribution in [2.45, 2.75) is 38.1 Å². The largest absolute Gasteiger partial charge is 0.339 e. The number of urea groups is 1. The zero-order valence-electron chi connectivity index (χ0n) is 15.1. The van der Waals surface area contributed by atoms with Gasteiger partial charge in [-0.1, -0.05) is 37.5 Å². The maximum Gasteiger partial charge on any atom is 0.323 e. The number of hydrogen-bond acceptors (Lipinski definition) is 2. The highest BCUT2D eigenvalue weighted by atomic mass is 16.2. The summed E-state index contributed by atoms with van der Waals surface area (Å²) in [4.78, 5) is 26.5. The predicted molar refractivity (Wildman–Crippen MR) is 104 cm³/mol. The molecule has 1 aliphatic rings. The van der Waals surface area contributed by atoms with E-state index >= 15 is 0 Å². The van der Waals surface area contributed by atoms with Crippen LogP contribution in [0.4, 0.5) is 16.2 Å². The second-order valence-corrected chi connectivity index (χ2v) is 6.73. The molecular weight excluding hydrogens is 326 g/mol. The highest BCUT2D eigenvalue weighted by Crippen LogP contribution is 2.23. The normalized spacial score (nSPS) is 14.5. The van der Waals surface area contributed by atoms with Crippen LogP contribution in [0.3, 0.4) is 0 Å². The van der Waals surface area contributed by atoms with Crippen LogP contribution in [0, 0.1) is 0 Å². The summed E-state index contributed by atoms with van der Waals surface area (Å²) in [6.07, 6.45) is 5.83. The number of carbonyl (C=O) groups excluding carboxylic acids is 2. The van der Waals surface area contributed by atoms with E-state index in [0.717, 1.165) is 18.5 Å². The van der Waals surface area contributed by atoms with Crippen molar-refractivity contribution in [3.8, 4) is 0 Å². The number of rotatable bonds is 4. The monoisotopic (exact) mass is 351 g/mol. The first kappa shape index (κ1) is 18.0. The predicted octanol–water partition coefficient (Wildman–Crippen LogP) is 4.74. The lowest BCUT2D eigenvalue weighted by atomic mass is 9.94. The van der Waals surface area contributed by atoms with Gasteiger partial charge in [0.05, 0.1) is 0 Å². The molecule has 0 atom stereocenters. The smallest absolute Gasteiger partial charge is 0.323 e. The third-order valence-corrected chi connectivity index (χ3v) is 4.86. The molecule has 2 aromatic carbocycles. The van der Waals surface area contributed by atoms with E-state index in [1.54, 1.807) is 24.3 Å². The molecule has 0 aromatic heterocycles. The van der Waals surface area contributed by atoms with Crippen LogP contribution in [0.1, 0.15) is 42.5 Å². The Morgan fingerprint density at radius 2 is 1.42 bits per heavy atom. The number of carbonyl (C=O) groups is 2. The first-order valence-corrected chi connectivity index (χ1v) is 9.14. The Morgan fingerprint density at radius 1 is 0.846 bits per heavy atom. The van der Waals surface area contributed by atoms with E-state index < -0.39 is 0 Å². The van der Waals surface area contributed by atoms with Gasteiger partial charge in [0, 0.05) is 30.0 Å². The molecule has 3 amide bonds. The van der Waals surface area contributed by atoms with Crippen LogP contribution in [0.15, 0.2) is 54.6 Å². The van der Waals surface area contributed by atoms with Crippen LogP contribution in [-0.2, 0) is 0 Å². The van der Waals surface area contributed by atoms with E-state index in [1.165, 1.54) is 19.3 Å². The Balaban J connectivity index is 1.57. The van der Waals surface area contributed by atoms with Crippen LogP contribution in [0.2, 0.25) is 0 Å². The Morgan fingerprint density at radius 3 is 2.04 bits per heavy atom. The molecule has 0 aliphatic heterocycles. The molecule has 0 radical (unpaired) electrons. The minimum absolute atomic E-state index is 0.0391. The number of nitrogens with zero attached hydrogens (tertiary/aromatic N) is 1. The van der Waals surface area contributed by atoms with Gasteiger partial charge in [-0.15, -0.1) is 0 Å². The summed E-state index contributed by atoms with van der Waals surface area (Å²) in [5.74, 6) is 0.0391. The van der Waals surface area contributed by atoms with Gasteiger partial charge in [-0.05, 0) is 49.2 Å². The number of benzene rings is 2. The Labute approximate surface area is 154 Å². The summed E-state index contributed by atoms with van der Waals surface area (Å²) < 4.78 is 0. The van der Waals surface area contributed by atoms with E-state index in [9.17, 15) is 9.59 Å². The lowest BCUT2D eigenvalue weighted by Crippen LogP contribution is -2.38. The van der Waals surface area contributed by atoms with Crippen molar-refractivity contribution in [2.24, 2.45) is 0 Å². The van der Waals surface area contributed by atoms with E-state index in [1.807, 2.05) is 42.3 Å². The van der Waals surface area contributed by atoms with Crippen molar-refractivity contribution < 1.29 is 9.59 Å². The van der Waals surface area contributed by atoms with Gasteiger partial charge < -0.3 is 15.5 Å². The Hall–Kier alpha value is -2.82. The minimum Gasteiger partial charge on any atom is -0.339 e. The number of anilines is 2. The highest BCUT2D eigenvalue weighted by Gasteiger charge is 2.22.